The van der Waals surface area contributed by atoms with Gasteiger partial charge >= 0.3 is 0 Å². The Labute approximate surface area is 77.7 Å². The van der Waals surface area contributed by atoms with Crippen LogP contribution in [0.5, 0.6) is 0 Å². The molecule has 0 radical (unpaired) electrons. The summed E-state index contributed by atoms with van der Waals surface area (Å²) in [5, 5.41) is 2.89. The van der Waals surface area contributed by atoms with E-state index in [4.69, 9.17) is 0 Å². The third-order valence-corrected chi connectivity index (χ3v) is 2.58. The summed E-state index contributed by atoms with van der Waals surface area (Å²) >= 11 is 0. The molecule has 1 aliphatic rings. The molecule has 70 valence electrons. The summed E-state index contributed by atoms with van der Waals surface area (Å²) in [6.07, 6.45) is 3.11. The number of carbonyl (C=O) groups excluding carboxylic acids is 1. The second-order valence-electron chi connectivity index (χ2n) is 3.58. The molecule has 0 fully saturated rings. The third kappa shape index (κ3) is 1.24. The molecule has 1 amide bonds. The van der Waals surface area contributed by atoms with Crippen LogP contribution in [0.4, 0.5) is 0 Å². The summed E-state index contributed by atoms with van der Waals surface area (Å²) in [6.45, 7) is 4.92. The molecule has 0 saturated heterocycles. The highest BCUT2D eigenvalue weighted by molar-refractivity contribution is 5.93. The number of carbonyl (C=O) groups is 1. The van der Waals surface area contributed by atoms with Gasteiger partial charge in [0.15, 0.2) is 0 Å². The topological polar surface area (TPSA) is 34.0 Å². The van der Waals surface area contributed by atoms with E-state index in [0.717, 1.165) is 24.2 Å². The van der Waals surface area contributed by atoms with E-state index in [9.17, 15) is 4.79 Å². The van der Waals surface area contributed by atoms with E-state index in [0.29, 0.717) is 6.04 Å². The standard InChI is InChI=1S/C10H14N2O/c1-3-8-5-11-10(13)9-4-7(2)6-12(8)9/h4,6,8H,3,5H2,1-2H3,(H,11,13). The number of nitrogens with zero attached hydrogens (tertiary/aromatic N) is 1. The molecule has 3 heteroatoms. The second kappa shape index (κ2) is 2.91. The van der Waals surface area contributed by atoms with Crippen LogP contribution in [0.25, 0.3) is 0 Å². The van der Waals surface area contributed by atoms with Crippen molar-refractivity contribution < 1.29 is 4.79 Å². The highest BCUT2D eigenvalue weighted by atomic mass is 16.2. The lowest BCUT2D eigenvalue weighted by molar-refractivity contribution is 0.0914. The maximum Gasteiger partial charge on any atom is 0.267 e. The molecule has 2 heterocycles. The first-order chi connectivity index (χ1) is 6.22. The van der Waals surface area contributed by atoms with Crippen molar-refractivity contribution in [2.75, 3.05) is 6.54 Å². The summed E-state index contributed by atoms with van der Waals surface area (Å²) < 4.78 is 2.09. The minimum Gasteiger partial charge on any atom is -0.349 e. The lowest BCUT2D eigenvalue weighted by Crippen LogP contribution is -2.38. The van der Waals surface area contributed by atoms with Crippen LogP contribution in [-0.4, -0.2) is 17.0 Å². The van der Waals surface area contributed by atoms with E-state index in [-0.39, 0.29) is 5.91 Å². The van der Waals surface area contributed by atoms with E-state index in [1.54, 1.807) is 0 Å². The van der Waals surface area contributed by atoms with Crippen molar-refractivity contribution in [2.24, 2.45) is 0 Å². The number of nitrogens with one attached hydrogen (secondary N) is 1. The number of aromatic nitrogens is 1. The summed E-state index contributed by atoms with van der Waals surface area (Å²) in [4.78, 5) is 11.4. The van der Waals surface area contributed by atoms with Crippen molar-refractivity contribution in [1.82, 2.24) is 9.88 Å². The van der Waals surface area contributed by atoms with Crippen LogP contribution < -0.4 is 5.32 Å². The lowest BCUT2D eigenvalue weighted by atomic mass is 10.1. The molecular weight excluding hydrogens is 164 g/mol. The monoisotopic (exact) mass is 178 g/mol. The van der Waals surface area contributed by atoms with Gasteiger partial charge in [-0.1, -0.05) is 6.92 Å². The number of aryl methyl sites for hydroxylation is 1. The zero-order valence-corrected chi connectivity index (χ0v) is 8.00. The van der Waals surface area contributed by atoms with Gasteiger partial charge in [-0.15, -0.1) is 0 Å². The van der Waals surface area contributed by atoms with Crippen LogP contribution in [0.2, 0.25) is 0 Å². The van der Waals surface area contributed by atoms with E-state index >= 15 is 0 Å². The van der Waals surface area contributed by atoms with Gasteiger partial charge in [0.25, 0.3) is 5.91 Å². The van der Waals surface area contributed by atoms with Gasteiger partial charge in [0.1, 0.15) is 5.69 Å². The molecule has 0 aromatic carbocycles. The first kappa shape index (κ1) is 8.35. The molecule has 0 bridgehead atoms. The van der Waals surface area contributed by atoms with Crippen LogP contribution in [0, 0.1) is 6.92 Å². The Morgan fingerprint density at radius 3 is 3.15 bits per heavy atom. The number of hydrogen-bond donors (Lipinski definition) is 1. The Kier molecular flexibility index (Phi) is 1.87. The Bertz CT molecular complexity index is 341. The molecule has 0 spiro atoms. The van der Waals surface area contributed by atoms with E-state index < -0.39 is 0 Å². The molecule has 3 nitrogen and oxygen atoms in total. The lowest BCUT2D eigenvalue weighted by Gasteiger charge is -2.25. The minimum absolute atomic E-state index is 0.0535. The molecule has 13 heavy (non-hydrogen) atoms. The number of hydrogen-bond acceptors (Lipinski definition) is 1. The molecule has 2 rings (SSSR count). The van der Waals surface area contributed by atoms with Crippen LogP contribution in [0.3, 0.4) is 0 Å². The molecule has 0 aliphatic carbocycles. The molecular formula is C10H14N2O. The van der Waals surface area contributed by atoms with E-state index in [1.807, 2.05) is 13.0 Å². The summed E-state index contributed by atoms with van der Waals surface area (Å²) in [6, 6.07) is 2.37. The predicted molar refractivity (Wildman–Crippen MR) is 50.8 cm³/mol. The zero-order valence-electron chi connectivity index (χ0n) is 8.00. The molecule has 1 atom stereocenters. The fraction of sp³-hybridized carbons (Fsp3) is 0.500. The van der Waals surface area contributed by atoms with Crippen molar-refractivity contribution >= 4 is 5.91 Å². The quantitative estimate of drug-likeness (QED) is 0.694. The largest absolute Gasteiger partial charge is 0.349 e. The van der Waals surface area contributed by atoms with Gasteiger partial charge in [0, 0.05) is 12.7 Å². The van der Waals surface area contributed by atoms with Gasteiger partial charge in [-0.25, -0.2) is 0 Å². The summed E-state index contributed by atoms with van der Waals surface area (Å²) in [5.41, 5.74) is 1.96. The molecule has 0 saturated carbocycles. The van der Waals surface area contributed by atoms with Crippen LogP contribution in [-0.2, 0) is 0 Å². The summed E-state index contributed by atoms with van der Waals surface area (Å²) in [5.74, 6) is 0.0535. The predicted octanol–water partition coefficient (Wildman–Crippen LogP) is 1.49. The highest BCUT2D eigenvalue weighted by Gasteiger charge is 2.23. The van der Waals surface area contributed by atoms with Crippen LogP contribution in [0.15, 0.2) is 12.3 Å². The molecule has 1 aliphatic heterocycles. The zero-order chi connectivity index (χ0) is 9.42. The average molecular weight is 178 g/mol. The molecule has 1 aromatic rings. The van der Waals surface area contributed by atoms with Crippen LogP contribution >= 0.6 is 0 Å². The van der Waals surface area contributed by atoms with Crippen molar-refractivity contribution in [3.05, 3.63) is 23.5 Å². The molecule has 1 unspecified atom stereocenters. The normalized spacial score (nSPS) is 21.1. The summed E-state index contributed by atoms with van der Waals surface area (Å²) in [7, 11) is 0. The van der Waals surface area contributed by atoms with Gasteiger partial charge in [-0.3, -0.25) is 4.79 Å². The maximum absolute atomic E-state index is 11.4. The fourth-order valence-electron chi connectivity index (χ4n) is 1.84. The van der Waals surface area contributed by atoms with Gasteiger partial charge in [-0.2, -0.15) is 0 Å². The van der Waals surface area contributed by atoms with Crippen molar-refractivity contribution in [3.63, 3.8) is 0 Å². The Balaban J connectivity index is 2.47. The third-order valence-electron chi connectivity index (χ3n) is 2.58. The molecule has 1 aromatic heterocycles. The first-order valence-electron chi connectivity index (χ1n) is 4.69. The maximum atomic E-state index is 11.4. The number of amides is 1. The van der Waals surface area contributed by atoms with Crippen molar-refractivity contribution in [2.45, 2.75) is 26.3 Å². The van der Waals surface area contributed by atoms with Crippen molar-refractivity contribution in [3.8, 4) is 0 Å². The average Bonchev–Trinajstić information content (AvgIpc) is 2.48. The second-order valence-corrected chi connectivity index (χ2v) is 3.58. The van der Waals surface area contributed by atoms with Gasteiger partial charge in [-0.05, 0) is 25.0 Å². The highest BCUT2D eigenvalue weighted by Crippen LogP contribution is 2.20. The number of fused-ring (bicyclic) bond motifs is 1. The minimum atomic E-state index is 0.0535. The van der Waals surface area contributed by atoms with E-state index in [2.05, 4.69) is 23.0 Å². The Morgan fingerprint density at radius 1 is 1.69 bits per heavy atom. The Morgan fingerprint density at radius 2 is 2.46 bits per heavy atom. The molecule has 1 N–H and O–H groups in total. The van der Waals surface area contributed by atoms with Gasteiger partial charge in [0.2, 0.25) is 0 Å². The van der Waals surface area contributed by atoms with Crippen molar-refractivity contribution in [1.29, 1.82) is 0 Å². The number of rotatable bonds is 1. The Hall–Kier alpha value is -1.25. The fourth-order valence-corrected chi connectivity index (χ4v) is 1.84. The van der Waals surface area contributed by atoms with Crippen LogP contribution in [0.1, 0.15) is 35.4 Å². The van der Waals surface area contributed by atoms with Gasteiger partial charge < -0.3 is 9.88 Å². The van der Waals surface area contributed by atoms with E-state index in [1.165, 1.54) is 0 Å². The first-order valence-corrected chi connectivity index (χ1v) is 4.69. The smallest absolute Gasteiger partial charge is 0.267 e. The SMILES string of the molecule is CCC1CNC(=O)c2cc(C)cn21. The van der Waals surface area contributed by atoms with Gasteiger partial charge in [0.05, 0.1) is 6.04 Å².